The fraction of sp³-hybridized carbons (Fsp3) is 0.478. The molecule has 0 radical (unpaired) electrons. The number of nitrogens with zero attached hydrogens (tertiary/aromatic N) is 8. The number of nitrogens with two attached hydrogens (primary N) is 1. The number of halogens is 2. The monoisotopic (exact) mass is 499 g/mol. The number of primary amides is 1. The number of carbonyl (C=O) groups is 2. The molecular weight excluding hydrogens is 472 g/mol. The average Bonchev–Trinajstić information content (AvgIpc) is 3.50. The van der Waals surface area contributed by atoms with Crippen molar-refractivity contribution in [3.63, 3.8) is 0 Å². The van der Waals surface area contributed by atoms with Crippen molar-refractivity contribution in [3.8, 4) is 0 Å². The molecule has 0 bridgehead atoms. The Morgan fingerprint density at radius 2 is 1.81 bits per heavy atom. The number of hydrogen-bond acceptors (Lipinski definition) is 8. The smallest absolute Gasteiger partial charge is 0.267 e. The molecule has 0 spiro atoms. The third-order valence-electron chi connectivity index (χ3n) is 6.72. The molecule has 36 heavy (non-hydrogen) atoms. The molecule has 0 aromatic carbocycles. The molecule has 0 saturated carbocycles. The highest BCUT2D eigenvalue weighted by Gasteiger charge is 2.28. The van der Waals surface area contributed by atoms with Crippen molar-refractivity contribution >= 4 is 28.9 Å². The van der Waals surface area contributed by atoms with E-state index < -0.39 is 12.3 Å². The number of rotatable bonds is 7. The van der Waals surface area contributed by atoms with E-state index in [-0.39, 0.29) is 17.2 Å². The van der Waals surface area contributed by atoms with E-state index in [1.165, 1.54) is 0 Å². The lowest BCUT2D eigenvalue weighted by Gasteiger charge is -2.35. The lowest BCUT2D eigenvalue weighted by molar-refractivity contribution is -0.132. The molecule has 2 fully saturated rings. The van der Waals surface area contributed by atoms with Crippen molar-refractivity contribution in [1.29, 1.82) is 0 Å². The maximum Gasteiger partial charge on any atom is 0.267 e. The molecule has 11 nitrogen and oxygen atoms in total. The summed E-state index contributed by atoms with van der Waals surface area (Å²) in [7, 11) is 0. The van der Waals surface area contributed by atoms with E-state index in [2.05, 4.69) is 24.8 Å². The van der Waals surface area contributed by atoms with Gasteiger partial charge in [-0.3, -0.25) is 14.5 Å². The molecule has 2 N–H and O–H groups in total. The molecule has 2 amide bonds. The highest BCUT2D eigenvalue weighted by molar-refractivity contribution is 5.92. The lowest BCUT2D eigenvalue weighted by Crippen LogP contribution is -2.51. The number of anilines is 1. The topological polar surface area (TPSA) is 126 Å². The normalized spacial score (nSPS) is 18.9. The zero-order valence-electron chi connectivity index (χ0n) is 19.6. The van der Waals surface area contributed by atoms with Crippen LogP contribution in [0.2, 0.25) is 0 Å². The first-order valence-corrected chi connectivity index (χ1v) is 11.8. The molecule has 3 aromatic heterocycles. The summed E-state index contributed by atoms with van der Waals surface area (Å²) >= 11 is 0. The number of piperazine rings is 1. The van der Waals surface area contributed by atoms with Crippen molar-refractivity contribution in [3.05, 3.63) is 42.1 Å². The van der Waals surface area contributed by atoms with Crippen LogP contribution < -0.4 is 10.6 Å². The number of fused-ring (bicyclic) bond motifs is 1. The first kappa shape index (κ1) is 24.0. The Bertz CT molecular complexity index is 1240. The van der Waals surface area contributed by atoms with Gasteiger partial charge in [0, 0.05) is 51.7 Å². The number of carbonyl (C=O) groups excluding carboxylic acids is 2. The van der Waals surface area contributed by atoms with Gasteiger partial charge in [0.1, 0.15) is 11.2 Å². The van der Waals surface area contributed by atoms with Gasteiger partial charge in [-0.15, -0.1) is 0 Å². The number of hydrogen-bond donors (Lipinski definition) is 1. The van der Waals surface area contributed by atoms with Gasteiger partial charge in [0.2, 0.25) is 11.9 Å². The highest BCUT2D eigenvalue weighted by atomic mass is 19.3. The molecule has 2 aliphatic rings. The fourth-order valence-corrected chi connectivity index (χ4v) is 4.75. The van der Waals surface area contributed by atoms with Crippen molar-refractivity contribution in [1.82, 2.24) is 34.3 Å². The molecule has 0 aliphatic carbocycles. The average molecular weight is 500 g/mol. The van der Waals surface area contributed by atoms with E-state index in [0.717, 1.165) is 31.9 Å². The summed E-state index contributed by atoms with van der Waals surface area (Å²) in [6.45, 7) is 4.82. The molecule has 1 atom stereocenters. The summed E-state index contributed by atoms with van der Waals surface area (Å²) in [5, 5.41) is 0. The summed E-state index contributed by atoms with van der Waals surface area (Å²) in [6.07, 6.45) is 2.37. The van der Waals surface area contributed by atoms with Gasteiger partial charge in [0.25, 0.3) is 12.3 Å². The summed E-state index contributed by atoms with van der Waals surface area (Å²) in [5.74, 6) is 0.233. The molecule has 3 aromatic rings. The largest absolute Gasteiger partial charge is 0.364 e. The van der Waals surface area contributed by atoms with E-state index in [4.69, 9.17) is 5.73 Å². The van der Waals surface area contributed by atoms with Crippen LogP contribution in [0.3, 0.4) is 0 Å². The summed E-state index contributed by atoms with van der Waals surface area (Å²) in [5.41, 5.74) is 6.70. The Morgan fingerprint density at radius 1 is 1.06 bits per heavy atom. The van der Waals surface area contributed by atoms with E-state index in [1.54, 1.807) is 18.5 Å². The van der Waals surface area contributed by atoms with E-state index >= 15 is 0 Å². The Hall–Kier alpha value is -3.74. The third-order valence-corrected chi connectivity index (χ3v) is 6.72. The number of alkyl halides is 2. The van der Waals surface area contributed by atoms with Crippen molar-refractivity contribution in [2.75, 3.05) is 50.7 Å². The minimum Gasteiger partial charge on any atom is -0.364 e. The predicted octanol–water partition coefficient (Wildman–Crippen LogP) is 0.928. The Balaban J connectivity index is 1.11. The number of pyridine rings is 1. The fourth-order valence-electron chi connectivity index (χ4n) is 4.75. The van der Waals surface area contributed by atoms with Crippen LogP contribution in [0.1, 0.15) is 28.9 Å². The second-order valence-corrected chi connectivity index (χ2v) is 9.18. The summed E-state index contributed by atoms with van der Waals surface area (Å²) < 4.78 is 27.3. The Kier molecular flexibility index (Phi) is 6.72. The quantitative estimate of drug-likeness (QED) is 0.509. The molecule has 5 heterocycles. The van der Waals surface area contributed by atoms with Gasteiger partial charge in [-0.05, 0) is 31.0 Å². The maximum atomic E-state index is 12.9. The van der Waals surface area contributed by atoms with Crippen LogP contribution in [0, 0.1) is 5.92 Å². The minimum absolute atomic E-state index is 0.0742. The second-order valence-electron chi connectivity index (χ2n) is 9.18. The van der Waals surface area contributed by atoms with Gasteiger partial charge in [0.05, 0.1) is 18.4 Å². The van der Waals surface area contributed by atoms with Crippen LogP contribution in [0.4, 0.5) is 14.7 Å². The summed E-state index contributed by atoms with van der Waals surface area (Å²) in [4.78, 5) is 47.0. The molecule has 1 unspecified atom stereocenters. The van der Waals surface area contributed by atoms with Crippen LogP contribution >= 0.6 is 0 Å². The highest BCUT2D eigenvalue weighted by Crippen LogP contribution is 2.22. The molecule has 2 saturated heterocycles. The van der Waals surface area contributed by atoms with Crippen LogP contribution in [-0.4, -0.2) is 91.9 Å². The molecular formula is C23H27F2N9O2. The lowest BCUT2D eigenvalue weighted by atomic mass is 10.1. The maximum absolute atomic E-state index is 12.9. The van der Waals surface area contributed by atoms with E-state index in [1.807, 2.05) is 14.4 Å². The molecule has 13 heteroatoms. The van der Waals surface area contributed by atoms with Gasteiger partial charge in [-0.1, -0.05) is 0 Å². The van der Waals surface area contributed by atoms with Crippen molar-refractivity contribution in [2.24, 2.45) is 11.7 Å². The minimum atomic E-state index is -2.59. The van der Waals surface area contributed by atoms with Gasteiger partial charge in [-0.2, -0.15) is 0 Å². The van der Waals surface area contributed by atoms with Crippen LogP contribution in [-0.2, 0) is 11.3 Å². The molecule has 5 rings (SSSR count). The number of likely N-dealkylation sites (tertiary alicyclic amines) is 1. The number of imidazole rings is 1. The zero-order valence-corrected chi connectivity index (χ0v) is 19.6. The van der Waals surface area contributed by atoms with Crippen LogP contribution in [0.25, 0.3) is 11.2 Å². The Morgan fingerprint density at radius 3 is 2.50 bits per heavy atom. The molecule has 2 aliphatic heterocycles. The van der Waals surface area contributed by atoms with Crippen molar-refractivity contribution < 1.29 is 18.4 Å². The van der Waals surface area contributed by atoms with E-state index in [0.29, 0.717) is 62.3 Å². The second kappa shape index (κ2) is 10.1. The number of amides is 2. The van der Waals surface area contributed by atoms with Gasteiger partial charge in [-0.25, -0.2) is 28.7 Å². The predicted molar refractivity (Wildman–Crippen MR) is 126 cm³/mol. The summed E-state index contributed by atoms with van der Waals surface area (Å²) in [6, 6.07) is 3.31. The molecule has 190 valence electrons. The van der Waals surface area contributed by atoms with Crippen molar-refractivity contribution in [2.45, 2.75) is 19.4 Å². The standard InChI is InChI=1S/C23H27F2N9O2/c24-20(25)16-9-27-23(28-10-16)33-7-5-32(6-8-33)19(35)13-31-4-3-15(11-31)12-34-14-29-18-2-1-17(21(26)36)30-22(18)34/h1-2,9-10,14-15,20H,3-8,11-13H2,(H2,26,36). The third kappa shape index (κ3) is 5.10. The number of aromatic nitrogens is 5. The van der Waals surface area contributed by atoms with Gasteiger partial charge in [0.15, 0.2) is 5.65 Å². The first-order valence-electron chi connectivity index (χ1n) is 11.8. The Labute approximate surface area is 205 Å². The first-order chi connectivity index (χ1) is 17.4. The SMILES string of the molecule is NC(=O)c1ccc2ncn(CC3CCN(CC(=O)N4CCN(c5ncc(C(F)F)cn5)CC4)C3)c2n1. The van der Waals surface area contributed by atoms with Gasteiger partial charge >= 0.3 is 0 Å². The van der Waals surface area contributed by atoms with E-state index in [9.17, 15) is 18.4 Å². The zero-order chi connectivity index (χ0) is 25.2. The van der Waals surface area contributed by atoms with Crippen LogP contribution in [0.5, 0.6) is 0 Å². The van der Waals surface area contributed by atoms with Crippen LogP contribution in [0.15, 0.2) is 30.9 Å². The van der Waals surface area contributed by atoms with Gasteiger partial charge < -0.3 is 20.1 Å².